The number of rotatable bonds is 7. The lowest BCUT2D eigenvalue weighted by atomic mass is 10.2. The number of nitrogens with one attached hydrogen (secondary N) is 2. The molecule has 0 aliphatic carbocycles. The molecule has 1 aromatic carbocycles. The van der Waals surface area contributed by atoms with Crippen molar-refractivity contribution in [3.05, 3.63) is 23.8 Å². The number of methoxy groups -OCH3 is 1. The summed E-state index contributed by atoms with van der Waals surface area (Å²) in [6.45, 7) is -2.59. The Morgan fingerprint density at radius 1 is 1.30 bits per heavy atom. The zero-order valence-electron chi connectivity index (χ0n) is 13.1. The van der Waals surface area contributed by atoms with E-state index in [-0.39, 0.29) is 18.0 Å². The van der Waals surface area contributed by atoms with E-state index in [1.807, 2.05) is 0 Å². The zero-order chi connectivity index (χ0) is 17.4. The van der Waals surface area contributed by atoms with Gasteiger partial charge in [-0.05, 0) is 24.7 Å². The molecule has 2 N–H and O–H groups in total. The van der Waals surface area contributed by atoms with Crippen LogP contribution >= 0.6 is 0 Å². The molecule has 0 fully saturated rings. The Kier molecular flexibility index (Phi) is 7.20. The summed E-state index contributed by atoms with van der Waals surface area (Å²) >= 11 is 0. The summed E-state index contributed by atoms with van der Waals surface area (Å²) in [5.41, 5.74) is 0.735. The highest BCUT2D eigenvalue weighted by Gasteiger charge is 2.13. The average Bonchev–Trinajstić information content (AvgIpc) is 2.47. The third kappa shape index (κ3) is 6.47. The van der Waals surface area contributed by atoms with Crippen LogP contribution in [-0.4, -0.2) is 51.2 Å². The van der Waals surface area contributed by atoms with Gasteiger partial charge in [0.2, 0.25) is 5.91 Å². The zero-order valence-corrected chi connectivity index (χ0v) is 13.1. The number of alkyl halides is 2. The Labute approximate surface area is 132 Å². The normalized spacial score (nSPS) is 10.6. The first-order valence-electron chi connectivity index (χ1n) is 6.67. The number of likely N-dealkylation sites (N-methyl/N-ethyl adjacent to an activating group) is 1. The van der Waals surface area contributed by atoms with E-state index in [0.717, 1.165) is 5.56 Å². The number of amides is 3. The average molecular weight is 331 g/mol. The van der Waals surface area contributed by atoms with Crippen LogP contribution in [0.3, 0.4) is 0 Å². The summed E-state index contributed by atoms with van der Waals surface area (Å²) in [4.78, 5) is 24.2. The van der Waals surface area contributed by atoms with Crippen molar-refractivity contribution >= 4 is 11.9 Å². The van der Waals surface area contributed by atoms with Crippen LogP contribution < -0.4 is 20.1 Å². The van der Waals surface area contributed by atoms with E-state index in [9.17, 15) is 18.4 Å². The van der Waals surface area contributed by atoms with Gasteiger partial charge in [-0.2, -0.15) is 8.78 Å². The lowest BCUT2D eigenvalue weighted by Crippen LogP contribution is -2.42. The Morgan fingerprint density at radius 3 is 2.57 bits per heavy atom. The molecular weight excluding hydrogens is 312 g/mol. The van der Waals surface area contributed by atoms with Crippen molar-refractivity contribution in [3.8, 4) is 11.5 Å². The molecule has 1 aromatic rings. The molecule has 0 saturated carbocycles. The van der Waals surface area contributed by atoms with Crippen molar-refractivity contribution in [1.29, 1.82) is 0 Å². The van der Waals surface area contributed by atoms with Crippen molar-refractivity contribution in [2.24, 2.45) is 0 Å². The van der Waals surface area contributed by atoms with Crippen LogP contribution in [0.25, 0.3) is 0 Å². The summed E-state index contributed by atoms with van der Waals surface area (Å²) in [7, 11) is 4.43. The lowest BCUT2D eigenvalue weighted by molar-refractivity contribution is -0.120. The highest BCUT2D eigenvalue weighted by molar-refractivity contribution is 5.95. The van der Waals surface area contributed by atoms with Gasteiger partial charge in [-0.3, -0.25) is 15.0 Å². The maximum absolute atomic E-state index is 12.3. The molecule has 0 spiro atoms. The second-order valence-corrected chi connectivity index (χ2v) is 4.66. The Balaban J connectivity index is 2.66. The van der Waals surface area contributed by atoms with Gasteiger partial charge in [0.05, 0.1) is 13.7 Å². The second kappa shape index (κ2) is 8.89. The van der Waals surface area contributed by atoms with Crippen LogP contribution in [0.1, 0.15) is 5.56 Å². The van der Waals surface area contributed by atoms with Crippen LogP contribution in [-0.2, 0) is 11.3 Å². The van der Waals surface area contributed by atoms with Crippen LogP contribution in [0.2, 0.25) is 0 Å². The quantitative estimate of drug-likeness (QED) is 0.784. The molecule has 0 aliphatic rings. The summed E-state index contributed by atoms with van der Waals surface area (Å²) in [6.07, 6.45) is 0. The number of imide groups is 1. The van der Waals surface area contributed by atoms with Crippen molar-refractivity contribution in [1.82, 2.24) is 15.5 Å². The molecule has 7 nitrogen and oxygen atoms in total. The summed E-state index contributed by atoms with van der Waals surface area (Å²) in [5, 5.41) is 4.42. The van der Waals surface area contributed by atoms with Gasteiger partial charge in [0, 0.05) is 13.6 Å². The monoisotopic (exact) mass is 331 g/mol. The summed E-state index contributed by atoms with van der Waals surface area (Å²) in [6, 6.07) is 3.93. The first-order chi connectivity index (χ1) is 10.8. The van der Waals surface area contributed by atoms with Crippen molar-refractivity contribution < 1.29 is 27.8 Å². The molecule has 1 rings (SSSR count). The predicted molar refractivity (Wildman–Crippen MR) is 78.6 cm³/mol. The van der Waals surface area contributed by atoms with Gasteiger partial charge in [-0.15, -0.1) is 0 Å². The van der Waals surface area contributed by atoms with E-state index in [4.69, 9.17) is 4.74 Å². The maximum atomic E-state index is 12.3. The summed E-state index contributed by atoms with van der Waals surface area (Å²) in [5.74, 6) is -0.353. The molecule has 0 atom stereocenters. The number of hydrogen-bond donors (Lipinski definition) is 2. The molecule has 0 aromatic heterocycles. The Hall–Kier alpha value is -2.42. The van der Waals surface area contributed by atoms with Crippen molar-refractivity contribution in [2.75, 3.05) is 27.7 Å². The van der Waals surface area contributed by atoms with Gasteiger partial charge in [-0.25, -0.2) is 4.79 Å². The first kappa shape index (κ1) is 18.6. The number of hydrogen-bond acceptors (Lipinski definition) is 5. The van der Waals surface area contributed by atoms with Gasteiger partial charge in [0.1, 0.15) is 0 Å². The van der Waals surface area contributed by atoms with Gasteiger partial charge in [0.25, 0.3) is 0 Å². The number of ether oxygens (including phenoxy) is 2. The molecule has 0 unspecified atom stereocenters. The van der Waals surface area contributed by atoms with E-state index >= 15 is 0 Å². The number of nitrogens with zero attached hydrogens (tertiary/aromatic N) is 1. The molecule has 0 bridgehead atoms. The van der Waals surface area contributed by atoms with Gasteiger partial charge < -0.3 is 14.8 Å². The first-order valence-corrected chi connectivity index (χ1v) is 6.67. The third-order valence-corrected chi connectivity index (χ3v) is 2.79. The number of urea groups is 1. The van der Waals surface area contributed by atoms with Gasteiger partial charge >= 0.3 is 12.6 Å². The molecule has 3 amide bonds. The fourth-order valence-electron chi connectivity index (χ4n) is 1.85. The molecule has 0 heterocycles. The number of benzene rings is 1. The maximum Gasteiger partial charge on any atom is 0.387 e. The van der Waals surface area contributed by atoms with Crippen LogP contribution in [0.15, 0.2) is 18.2 Å². The molecule has 9 heteroatoms. The van der Waals surface area contributed by atoms with E-state index in [1.54, 1.807) is 24.1 Å². The molecule has 0 saturated heterocycles. The van der Waals surface area contributed by atoms with Crippen molar-refractivity contribution in [3.63, 3.8) is 0 Å². The highest BCUT2D eigenvalue weighted by atomic mass is 19.3. The Bertz CT molecular complexity index is 555. The lowest BCUT2D eigenvalue weighted by Gasteiger charge is -2.17. The minimum absolute atomic E-state index is 0.00891. The fraction of sp³-hybridized carbons (Fsp3) is 0.429. The molecule has 0 radical (unpaired) electrons. The minimum Gasteiger partial charge on any atom is -0.493 e. The Morgan fingerprint density at radius 2 is 2.00 bits per heavy atom. The molecule has 128 valence electrons. The number of carbonyl (C=O) groups excluding carboxylic acids is 2. The van der Waals surface area contributed by atoms with Gasteiger partial charge in [-0.1, -0.05) is 6.07 Å². The molecular formula is C14H19F2N3O4. The predicted octanol–water partition coefficient (Wildman–Crippen LogP) is 1.18. The number of carbonyl (C=O) groups is 2. The standard InChI is InChI=1S/C14H19F2N3O4/c1-17-14(21)18-12(20)8-19(2)7-9-4-5-10(23-13(15)16)11(6-9)22-3/h4-6,13H,7-8H2,1-3H3,(H2,17,18,20,21). The van der Waals surface area contributed by atoms with Crippen LogP contribution in [0.4, 0.5) is 13.6 Å². The smallest absolute Gasteiger partial charge is 0.387 e. The SMILES string of the molecule is CNC(=O)NC(=O)CN(C)Cc1ccc(OC(F)F)c(OC)c1. The molecule has 0 aliphatic heterocycles. The topological polar surface area (TPSA) is 79.9 Å². The van der Waals surface area contributed by atoms with E-state index in [1.165, 1.54) is 20.2 Å². The number of halogens is 2. The highest BCUT2D eigenvalue weighted by Crippen LogP contribution is 2.29. The summed E-state index contributed by atoms with van der Waals surface area (Å²) < 4.78 is 33.9. The second-order valence-electron chi connectivity index (χ2n) is 4.66. The van der Waals surface area contributed by atoms with Crippen molar-refractivity contribution in [2.45, 2.75) is 13.2 Å². The van der Waals surface area contributed by atoms with Gasteiger partial charge in [0.15, 0.2) is 11.5 Å². The minimum atomic E-state index is -2.94. The third-order valence-electron chi connectivity index (χ3n) is 2.79. The van der Waals surface area contributed by atoms with E-state index < -0.39 is 18.5 Å². The van der Waals surface area contributed by atoms with E-state index in [2.05, 4.69) is 15.4 Å². The fourth-order valence-corrected chi connectivity index (χ4v) is 1.85. The van der Waals surface area contributed by atoms with Crippen LogP contribution in [0, 0.1) is 0 Å². The van der Waals surface area contributed by atoms with E-state index in [0.29, 0.717) is 6.54 Å². The van der Waals surface area contributed by atoms with Crippen LogP contribution in [0.5, 0.6) is 11.5 Å². The molecule has 23 heavy (non-hydrogen) atoms. The largest absolute Gasteiger partial charge is 0.493 e.